The average Bonchev–Trinajstić information content (AvgIpc) is 2.48. The molecule has 0 spiro atoms. The molecule has 0 saturated carbocycles. The van der Waals surface area contributed by atoms with Gasteiger partial charge in [0, 0.05) is 5.69 Å². The summed E-state index contributed by atoms with van der Waals surface area (Å²) in [6.45, 7) is 5.75. The number of carboxylic acid groups (broad SMARTS) is 1. The summed E-state index contributed by atoms with van der Waals surface area (Å²) < 4.78 is 0. The van der Waals surface area contributed by atoms with Gasteiger partial charge in [-0.15, -0.1) is 11.8 Å². The molecule has 1 rings (SSSR count). The quantitative estimate of drug-likeness (QED) is 0.634. The normalized spacial score (nSPS) is 11.8. The van der Waals surface area contributed by atoms with Crippen molar-refractivity contribution in [2.45, 2.75) is 33.2 Å². The van der Waals surface area contributed by atoms with Gasteiger partial charge in [-0.3, -0.25) is 9.59 Å². The van der Waals surface area contributed by atoms with Crippen molar-refractivity contribution in [1.29, 1.82) is 0 Å². The van der Waals surface area contributed by atoms with Crippen molar-refractivity contribution in [3.05, 3.63) is 29.8 Å². The predicted octanol–water partition coefficient (Wildman–Crippen LogP) is 2.28. The summed E-state index contributed by atoms with van der Waals surface area (Å²) in [5.74, 6) is -1.28. The Kier molecular flexibility index (Phi) is 8.32. The highest BCUT2D eigenvalue weighted by Crippen LogP contribution is 2.10. The molecule has 1 aromatic rings. The van der Waals surface area contributed by atoms with Gasteiger partial charge in [0.25, 0.3) is 0 Å². The van der Waals surface area contributed by atoms with E-state index in [1.54, 1.807) is 0 Å². The molecule has 2 amide bonds. The zero-order valence-corrected chi connectivity index (χ0v) is 15.0. The number of amides is 2. The maximum atomic E-state index is 11.8. The number of carboxylic acids is 1. The zero-order valence-electron chi connectivity index (χ0n) is 14.2. The van der Waals surface area contributed by atoms with Crippen LogP contribution in [0.3, 0.4) is 0 Å². The number of hydrogen-bond donors (Lipinski definition) is 3. The first-order valence-corrected chi connectivity index (χ1v) is 8.90. The van der Waals surface area contributed by atoms with Gasteiger partial charge in [-0.25, -0.2) is 4.79 Å². The van der Waals surface area contributed by atoms with Gasteiger partial charge in [-0.05, 0) is 31.4 Å². The number of anilines is 1. The molecule has 1 aromatic carbocycles. The van der Waals surface area contributed by atoms with Crippen LogP contribution in [-0.4, -0.2) is 40.4 Å². The summed E-state index contributed by atoms with van der Waals surface area (Å²) in [5, 5.41) is 14.3. The molecule has 3 N–H and O–H groups in total. The van der Waals surface area contributed by atoms with E-state index in [0.29, 0.717) is 12.1 Å². The van der Waals surface area contributed by atoms with E-state index in [0.717, 1.165) is 17.3 Å². The molecule has 0 aliphatic carbocycles. The van der Waals surface area contributed by atoms with E-state index in [1.807, 2.05) is 45.0 Å². The van der Waals surface area contributed by atoms with Crippen molar-refractivity contribution in [1.82, 2.24) is 5.32 Å². The molecule has 1 unspecified atom stereocenters. The Bertz CT molecular complexity index is 572. The van der Waals surface area contributed by atoms with E-state index in [9.17, 15) is 14.4 Å². The van der Waals surface area contributed by atoms with E-state index in [2.05, 4.69) is 10.6 Å². The highest BCUT2D eigenvalue weighted by molar-refractivity contribution is 8.00. The van der Waals surface area contributed by atoms with Crippen LogP contribution >= 0.6 is 11.8 Å². The molecule has 0 heterocycles. The van der Waals surface area contributed by atoms with Crippen LogP contribution in [0, 0.1) is 12.8 Å². The molecule has 1 atom stereocenters. The van der Waals surface area contributed by atoms with Crippen molar-refractivity contribution in [2.24, 2.45) is 5.92 Å². The van der Waals surface area contributed by atoms with E-state index in [-0.39, 0.29) is 29.2 Å². The topological polar surface area (TPSA) is 95.5 Å². The minimum Gasteiger partial charge on any atom is -0.480 e. The number of nitrogens with one attached hydrogen (secondary N) is 2. The summed E-state index contributed by atoms with van der Waals surface area (Å²) in [6.07, 6.45) is 0.375. The minimum atomic E-state index is -1.04. The highest BCUT2D eigenvalue weighted by Gasteiger charge is 2.20. The third-order valence-corrected chi connectivity index (χ3v) is 4.07. The van der Waals surface area contributed by atoms with Gasteiger partial charge in [0.2, 0.25) is 11.8 Å². The predicted molar refractivity (Wildman–Crippen MR) is 96.2 cm³/mol. The number of benzene rings is 1. The molecule has 0 aliphatic heterocycles. The number of aliphatic carboxylic acids is 1. The third kappa shape index (κ3) is 8.01. The second-order valence-electron chi connectivity index (χ2n) is 5.99. The van der Waals surface area contributed by atoms with Gasteiger partial charge in [-0.2, -0.15) is 0 Å². The summed E-state index contributed by atoms with van der Waals surface area (Å²) >= 11 is 1.15. The van der Waals surface area contributed by atoms with Crippen molar-refractivity contribution >= 4 is 35.2 Å². The number of aryl methyl sites for hydroxylation is 1. The van der Waals surface area contributed by atoms with Crippen LogP contribution in [0.2, 0.25) is 0 Å². The molecule has 0 saturated heterocycles. The number of thioether (sulfide) groups is 1. The van der Waals surface area contributed by atoms with E-state index in [1.165, 1.54) is 0 Å². The molecule has 6 nitrogen and oxygen atoms in total. The third-order valence-electron chi connectivity index (χ3n) is 3.14. The van der Waals surface area contributed by atoms with Crippen LogP contribution in [-0.2, 0) is 14.4 Å². The molecule has 0 radical (unpaired) electrons. The number of hydrogen-bond acceptors (Lipinski definition) is 4. The Morgan fingerprint density at radius 3 is 2.21 bits per heavy atom. The van der Waals surface area contributed by atoms with Gasteiger partial charge >= 0.3 is 5.97 Å². The summed E-state index contributed by atoms with van der Waals surface area (Å²) in [7, 11) is 0. The van der Waals surface area contributed by atoms with Crippen molar-refractivity contribution < 1.29 is 19.5 Å². The van der Waals surface area contributed by atoms with Crippen LogP contribution in [0.15, 0.2) is 24.3 Å². The zero-order chi connectivity index (χ0) is 18.1. The first-order valence-electron chi connectivity index (χ1n) is 7.74. The fraction of sp³-hybridized carbons (Fsp3) is 0.471. The SMILES string of the molecule is Cc1ccc(NC(=O)CSCC(=O)NC(CC(C)C)C(=O)O)cc1. The average molecular weight is 352 g/mol. The lowest BCUT2D eigenvalue weighted by Crippen LogP contribution is -2.42. The molecular weight excluding hydrogens is 328 g/mol. The minimum absolute atomic E-state index is 0.0448. The van der Waals surface area contributed by atoms with Gasteiger partial charge in [-0.1, -0.05) is 31.5 Å². The summed E-state index contributed by atoms with van der Waals surface area (Å²) in [6, 6.07) is 6.54. The Morgan fingerprint density at radius 2 is 1.67 bits per heavy atom. The molecule has 0 aromatic heterocycles. The maximum absolute atomic E-state index is 11.8. The molecule has 132 valence electrons. The van der Waals surface area contributed by atoms with Crippen molar-refractivity contribution in [2.75, 3.05) is 16.8 Å². The Morgan fingerprint density at radius 1 is 1.08 bits per heavy atom. The fourth-order valence-corrected chi connectivity index (χ4v) is 2.63. The molecule has 0 fully saturated rings. The number of carbonyl (C=O) groups is 3. The Balaban J connectivity index is 2.32. The molecular formula is C17H24N2O4S. The molecule has 0 aliphatic rings. The van der Waals surface area contributed by atoms with E-state index < -0.39 is 12.0 Å². The number of carbonyl (C=O) groups excluding carboxylic acids is 2. The number of rotatable bonds is 9. The fourth-order valence-electron chi connectivity index (χ4n) is 2.00. The van der Waals surface area contributed by atoms with Gasteiger partial charge < -0.3 is 15.7 Å². The second-order valence-corrected chi connectivity index (χ2v) is 6.98. The van der Waals surface area contributed by atoms with Crippen LogP contribution < -0.4 is 10.6 Å². The van der Waals surface area contributed by atoms with Crippen molar-refractivity contribution in [3.63, 3.8) is 0 Å². The standard InChI is InChI=1S/C17H24N2O4S/c1-11(2)8-14(17(22)23)19-16(21)10-24-9-15(20)18-13-6-4-12(3)5-7-13/h4-7,11,14H,8-10H2,1-3H3,(H,18,20)(H,19,21)(H,22,23). The van der Waals surface area contributed by atoms with Gasteiger partial charge in [0.05, 0.1) is 11.5 Å². The Labute approximate surface area is 146 Å². The smallest absolute Gasteiger partial charge is 0.326 e. The van der Waals surface area contributed by atoms with E-state index in [4.69, 9.17) is 5.11 Å². The van der Waals surface area contributed by atoms with Gasteiger partial charge in [0.1, 0.15) is 6.04 Å². The first-order chi connectivity index (χ1) is 11.3. The lowest BCUT2D eigenvalue weighted by atomic mass is 10.0. The van der Waals surface area contributed by atoms with Gasteiger partial charge in [0.15, 0.2) is 0 Å². The van der Waals surface area contributed by atoms with Crippen molar-refractivity contribution in [3.8, 4) is 0 Å². The second kappa shape index (κ2) is 9.97. The summed E-state index contributed by atoms with van der Waals surface area (Å²) in [5.41, 5.74) is 1.81. The van der Waals surface area contributed by atoms with Crippen LogP contribution in [0.5, 0.6) is 0 Å². The molecule has 0 bridgehead atoms. The largest absolute Gasteiger partial charge is 0.480 e. The van der Waals surface area contributed by atoms with E-state index >= 15 is 0 Å². The molecule has 7 heteroatoms. The van der Waals surface area contributed by atoms with Crippen LogP contribution in [0.25, 0.3) is 0 Å². The highest BCUT2D eigenvalue weighted by atomic mass is 32.2. The summed E-state index contributed by atoms with van der Waals surface area (Å²) in [4.78, 5) is 34.7. The Hall–Kier alpha value is -2.02. The maximum Gasteiger partial charge on any atom is 0.326 e. The lowest BCUT2D eigenvalue weighted by molar-refractivity contribution is -0.141. The monoisotopic (exact) mass is 352 g/mol. The first kappa shape index (κ1) is 20.0. The lowest BCUT2D eigenvalue weighted by Gasteiger charge is -2.16. The van der Waals surface area contributed by atoms with Crippen LogP contribution in [0.4, 0.5) is 5.69 Å². The van der Waals surface area contributed by atoms with Crippen LogP contribution in [0.1, 0.15) is 25.8 Å². The molecule has 24 heavy (non-hydrogen) atoms.